The highest BCUT2D eigenvalue weighted by molar-refractivity contribution is 5.35. The molecule has 1 aromatic carbocycles. The van der Waals surface area contributed by atoms with Crippen LogP contribution in [0.1, 0.15) is 42.6 Å². The van der Waals surface area contributed by atoms with Crippen molar-refractivity contribution in [3.63, 3.8) is 0 Å². The topological polar surface area (TPSA) is 20.2 Å². The van der Waals surface area contributed by atoms with Crippen LogP contribution in [0.15, 0.2) is 12.1 Å². The molecule has 1 nitrogen and oxygen atoms in total. The van der Waals surface area contributed by atoms with Crippen molar-refractivity contribution in [2.24, 2.45) is 0 Å². The van der Waals surface area contributed by atoms with Crippen LogP contribution >= 0.6 is 0 Å². The zero-order valence-corrected chi connectivity index (χ0v) is 8.97. The summed E-state index contributed by atoms with van der Waals surface area (Å²) in [4.78, 5) is 0. The number of aryl methyl sites for hydroxylation is 2. The minimum absolute atomic E-state index is 0.229. The predicted octanol–water partition coefficient (Wildman–Crippen LogP) is 3.28. The standard InChI is InChI=1S/C12H17FO/c1-4-5-11(14)12-8(2)6-10(13)7-9(12)3/h6-7,11,14H,4-5H2,1-3H3. The minimum Gasteiger partial charge on any atom is -0.388 e. The van der Waals surface area contributed by atoms with Gasteiger partial charge in [0.05, 0.1) is 6.10 Å². The third-order valence-corrected chi connectivity index (χ3v) is 2.45. The summed E-state index contributed by atoms with van der Waals surface area (Å²) in [5, 5.41) is 9.85. The third kappa shape index (κ3) is 2.32. The Hall–Kier alpha value is -0.890. The molecule has 0 saturated heterocycles. The van der Waals surface area contributed by atoms with Crippen LogP contribution in [0, 0.1) is 19.7 Å². The fraction of sp³-hybridized carbons (Fsp3) is 0.500. The Morgan fingerprint density at radius 3 is 2.21 bits per heavy atom. The van der Waals surface area contributed by atoms with Crippen molar-refractivity contribution >= 4 is 0 Å². The van der Waals surface area contributed by atoms with Crippen molar-refractivity contribution in [2.75, 3.05) is 0 Å². The van der Waals surface area contributed by atoms with Crippen molar-refractivity contribution in [1.82, 2.24) is 0 Å². The molecule has 0 aromatic heterocycles. The van der Waals surface area contributed by atoms with Crippen LogP contribution < -0.4 is 0 Å². The first-order valence-corrected chi connectivity index (χ1v) is 5.01. The van der Waals surface area contributed by atoms with E-state index in [0.29, 0.717) is 0 Å². The van der Waals surface area contributed by atoms with E-state index in [2.05, 4.69) is 0 Å². The number of benzene rings is 1. The van der Waals surface area contributed by atoms with Gasteiger partial charge in [0.15, 0.2) is 0 Å². The van der Waals surface area contributed by atoms with Crippen LogP contribution in [-0.4, -0.2) is 5.11 Å². The van der Waals surface area contributed by atoms with Crippen LogP contribution in [0.3, 0.4) is 0 Å². The highest BCUT2D eigenvalue weighted by Crippen LogP contribution is 2.26. The van der Waals surface area contributed by atoms with Gasteiger partial charge in [-0.05, 0) is 49.1 Å². The minimum atomic E-state index is -0.458. The maximum Gasteiger partial charge on any atom is 0.123 e. The van der Waals surface area contributed by atoms with Gasteiger partial charge >= 0.3 is 0 Å². The molecule has 0 amide bonds. The van der Waals surface area contributed by atoms with Gasteiger partial charge in [-0.1, -0.05) is 13.3 Å². The SMILES string of the molecule is CCCC(O)c1c(C)cc(F)cc1C. The second-order valence-electron chi connectivity index (χ2n) is 3.76. The van der Waals surface area contributed by atoms with E-state index in [1.165, 1.54) is 12.1 Å². The lowest BCUT2D eigenvalue weighted by Gasteiger charge is -2.15. The first-order chi connectivity index (χ1) is 6.56. The van der Waals surface area contributed by atoms with Crippen LogP contribution in [0.25, 0.3) is 0 Å². The maximum atomic E-state index is 13.0. The fourth-order valence-corrected chi connectivity index (χ4v) is 1.87. The van der Waals surface area contributed by atoms with Gasteiger partial charge < -0.3 is 5.11 Å². The highest BCUT2D eigenvalue weighted by atomic mass is 19.1. The average Bonchev–Trinajstić information content (AvgIpc) is 2.01. The van der Waals surface area contributed by atoms with E-state index in [-0.39, 0.29) is 5.82 Å². The summed E-state index contributed by atoms with van der Waals surface area (Å²) >= 11 is 0. The quantitative estimate of drug-likeness (QED) is 0.786. The maximum absolute atomic E-state index is 13.0. The molecule has 1 rings (SSSR count). The lowest BCUT2D eigenvalue weighted by atomic mass is 9.95. The Morgan fingerprint density at radius 1 is 1.29 bits per heavy atom. The predicted molar refractivity (Wildman–Crippen MR) is 55.7 cm³/mol. The van der Waals surface area contributed by atoms with Gasteiger partial charge in [0.1, 0.15) is 5.82 Å². The van der Waals surface area contributed by atoms with E-state index in [9.17, 15) is 9.50 Å². The number of hydrogen-bond donors (Lipinski definition) is 1. The average molecular weight is 196 g/mol. The smallest absolute Gasteiger partial charge is 0.123 e. The summed E-state index contributed by atoms with van der Waals surface area (Å²) < 4.78 is 13.0. The molecule has 14 heavy (non-hydrogen) atoms. The molecular formula is C12H17FO. The molecule has 78 valence electrons. The molecule has 0 saturated carbocycles. The van der Waals surface area contributed by atoms with Gasteiger partial charge in [-0.15, -0.1) is 0 Å². The normalized spacial score (nSPS) is 12.9. The second-order valence-corrected chi connectivity index (χ2v) is 3.76. The fourth-order valence-electron chi connectivity index (χ4n) is 1.87. The second kappa shape index (κ2) is 4.56. The summed E-state index contributed by atoms with van der Waals surface area (Å²) in [5.74, 6) is -0.229. The lowest BCUT2D eigenvalue weighted by molar-refractivity contribution is 0.165. The Morgan fingerprint density at radius 2 is 1.79 bits per heavy atom. The molecular weight excluding hydrogens is 179 g/mol. The van der Waals surface area contributed by atoms with E-state index in [0.717, 1.165) is 29.5 Å². The van der Waals surface area contributed by atoms with Gasteiger partial charge in [-0.25, -0.2) is 4.39 Å². The monoisotopic (exact) mass is 196 g/mol. The van der Waals surface area contributed by atoms with Crippen LogP contribution in [0.5, 0.6) is 0 Å². The number of aliphatic hydroxyl groups is 1. The van der Waals surface area contributed by atoms with Crippen molar-refractivity contribution in [2.45, 2.75) is 39.7 Å². The molecule has 1 atom stereocenters. The Balaban J connectivity index is 3.07. The summed E-state index contributed by atoms with van der Waals surface area (Å²) in [5.41, 5.74) is 2.56. The van der Waals surface area contributed by atoms with E-state index in [4.69, 9.17) is 0 Å². The van der Waals surface area contributed by atoms with Crippen molar-refractivity contribution in [1.29, 1.82) is 0 Å². The number of hydrogen-bond acceptors (Lipinski definition) is 1. The summed E-state index contributed by atoms with van der Waals surface area (Å²) in [6.45, 7) is 5.70. The first-order valence-electron chi connectivity index (χ1n) is 5.01. The van der Waals surface area contributed by atoms with E-state index in [1.54, 1.807) is 0 Å². The third-order valence-electron chi connectivity index (χ3n) is 2.45. The molecule has 0 spiro atoms. The molecule has 1 N–H and O–H groups in total. The Labute approximate surface area is 84.6 Å². The number of rotatable bonds is 3. The van der Waals surface area contributed by atoms with E-state index in [1.807, 2.05) is 20.8 Å². The van der Waals surface area contributed by atoms with Gasteiger partial charge in [0.2, 0.25) is 0 Å². The van der Waals surface area contributed by atoms with E-state index >= 15 is 0 Å². The molecule has 0 radical (unpaired) electrons. The highest BCUT2D eigenvalue weighted by Gasteiger charge is 2.13. The van der Waals surface area contributed by atoms with Crippen LogP contribution in [0.4, 0.5) is 4.39 Å². The number of aliphatic hydroxyl groups excluding tert-OH is 1. The molecule has 1 aromatic rings. The molecule has 0 fully saturated rings. The molecule has 0 bridgehead atoms. The Kier molecular flexibility index (Phi) is 3.64. The zero-order valence-electron chi connectivity index (χ0n) is 8.97. The molecule has 0 aliphatic heterocycles. The number of halogens is 1. The van der Waals surface area contributed by atoms with Gasteiger partial charge in [0, 0.05) is 0 Å². The van der Waals surface area contributed by atoms with E-state index < -0.39 is 6.10 Å². The molecule has 0 aliphatic carbocycles. The lowest BCUT2D eigenvalue weighted by Crippen LogP contribution is -2.03. The zero-order chi connectivity index (χ0) is 10.7. The summed E-state index contributed by atoms with van der Waals surface area (Å²) in [6, 6.07) is 2.95. The van der Waals surface area contributed by atoms with Crippen molar-refractivity contribution in [3.8, 4) is 0 Å². The molecule has 1 unspecified atom stereocenters. The molecule has 0 heterocycles. The van der Waals surface area contributed by atoms with Crippen molar-refractivity contribution in [3.05, 3.63) is 34.6 Å². The largest absolute Gasteiger partial charge is 0.388 e. The summed E-state index contributed by atoms with van der Waals surface area (Å²) in [7, 11) is 0. The molecule has 2 heteroatoms. The van der Waals surface area contributed by atoms with Crippen LogP contribution in [0.2, 0.25) is 0 Å². The van der Waals surface area contributed by atoms with Gasteiger partial charge in [0.25, 0.3) is 0 Å². The van der Waals surface area contributed by atoms with Crippen molar-refractivity contribution < 1.29 is 9.50 Å². The van der Waals surface area contributed by atoms with Gasteiger partial charge in [-0.3, -0.25) is 0 Å². The Bertz CT molecular complexity index is 297. The first kappa shape index (κ1) is 11.2. The summed E-state index contributed by atoms with van der Waals surface area (Å²) in [6.07, 6.45) is 1.20. The van der Waals surface area contributed by atoms with Gasteiger partial charge in [-0.2, -0.15) is 0 Å². The molecule has 0 aliphatic rings. The van der Waals surface area contributed by atoms with Crippen LogP contribution in [-0.2, 0) is 0 Å².